The van der Waals surface area contributed by atoms with Crippen molar-refractivity contribution in [2.75, 3.05) is 12.8 Å². The van der Waals surface area contributed by atoms with Crippen LogP contribution in [0.15, 0.2) is 36.4 Å². The van der Waals surface area contributed by atoms with E-state index >= 15 is 0 Å². The van der Waals surface area contributed by atoms with Crippen LogP contribution in [0.1, 0.15) is 41.6 Å². The second-order valence-corrected chi connectivity index (χ2v) is 8.14. The molecule has 0 bridgehead atoms. The molecule has 1 aromatic heterocycles. The number of nitriles is 1. The summed E-state index contributed by atoms with van der Waals surface area (Å²) in [4.78, 5) is 4.54. The molecule has 0 spiro atoms. The molecule has 3 aromatic rings. The van der Waals surface area contributed by atoms with Gasteiger partial charge in [0.15, 0.2) is 0 Å². The molecule has 4 rings (SSSR count). The van der Waals surface area contributed by atoms with Crippen molar-refractivity contribution in [2.24, 2.45) is 0 Å². The van der Waals surface area contributed by atoms with Crippen LogP contribution in [0.4, 0.5) is 10.2 Å². The van der Waals surface area contributed by atoms with Crippen LogP contribution >= 0.6 is 11.6 Å². The summed E-state index contributed by atoms with van der Waals surface area (Å²) in [5.74, 6) is 0.855. The lowest BCUT2D eigenvalue weighted by atomic mass is 9.91. The Morgan fingerprint density at radius 3 is 2.72 bits per heavy atom. The number of benzene rings is 2. The number of rotatable bonds is 5. The normalized spacial score (nSPS) is 13.1. The molecular weight excluding hydrogens is 429 g/mol. The van der Waals surface area contributed by atoms with E-state index in [1.807, 2.05) is 18.2 Å². The molecule has 32 heavy (non-hydrogen) atoms. The van der Waals surface area contributed by atoms with Crippen LogP contribution in [0, 0.1) is 17.1 Å². The lowest BCUT2D eigenvalue weighted by Gasteiger charge is -2.18. The third kappa shape index (κ3) is 4.35. The third-order valence-corrected chi connectivity index (χ3v) is 6.01. The second-order valence-electron chi connectivity index (χ2n) is 7.74. The van der Waals surface area contributed by atoms with Crippen LogP contribution in [-0.4, -0.2) is 12.1 Å². The molecule has 7 heteroatoms. The average Bonchev–Trinajstić information content (AvgIpc) is 3.04. The number of fused-ring (bicyclic) bond motifs is 1. The van der Waals surface area contributed by atoms with E-state index in [0.717, 1.165) is 60.1 Å². The van der Waals surface area contributed by atoms with Crippen molar-refractivity contribution in [1.29, 1.82) is 5.26 Å². The molecule has 0 aliphatic heterocycles. The Morgan fingerprint density at radius 1 is 1.16 bits per heavy atom. The molecule has 2 aromatic carbocycles. The van der Waals surface area contributed by atoms with E-state index in [0.29, 0.717) is 17.1 Å². The molecule has 0 radical (unpaired) electrons. The first-order valence-corrected chi connectivity index (χ1v) is 10.9. The Bertz CT molecular complexity index is 1210. The highest BCUT2D eigenvalue weighted by atomic mass is 35.5. The first kappa shape index (κ1) is 21.9. The minimum absolute atomic E-state index is 0.00293. The van der Waals surface area contributed by atoms with E-state index in [1.54, 1.807) is 7.11 Å². The van der Waals surface area contributed by atoms with Crippen LogP contribution in [0.3, 0.4) is 0 Å². The molecule has 1 aliphatic rings. The van der Waals surface area contributed by atoms with Gasteiger partial charge in [0.05, 0.1) is 12.1 Å². The van der Waals surface area contributed by atoms with Crippen molar-refractivity contribution in [3.8, 4) is 28.7 Å². The summed E-state index contributed by atoms with van der Waals surface area (Å²) in [7, 11) is 1.59. The highest BCUT2D eigenvalue weighted by Gasteiger charge is 2.22. The lowest BCUT2D eigenvalue weighted by Crippen LogP contribution is -2.07. The maximum atomic E-state index is 13.4. The van der Waals surface area contributed by atoms with Crippen molar-refractivity contribution in [3.05, 3.63) is 69.6 Å². The number of pyridine rings is 1. The van der Waals surface area contributed by atoms with Crippen LogP contribution in [0.25, 0.3) is 11.1 Å². The Kier molecular flexibility index (Phi) is 6.48. The number of nitrogen functional groups attached to an aromatic ring is 1. The fourth-order valence-electron chi connectivity index (χ4n) is 4.15. The molecule has 164 valence electrons. The summed E-state index contributed by atoms with van der Waals surface area (Å²) in [6.45, 7) is 0.184. The van der Waals surface area contributed by atoms with Gasteiger partial charge in [-0.25, -0.2) is 9.37 Å². The number of aromatic nitrogens is 1. The maximum Gasteiger partial charge on any atom is 0.142 e. The van der Waals surface area contributed by atoms with Gasteiger partial charge in [0.1, 0.15) is 41.4 Å². The van der Waals surface area contributed by atoms with E-state index in [4.69, 9.17) is 26.8 Å². The molecule has 2 N–H and O–H groups in total. The standard InChI is InChI=1S/C25H23ClFN3O2/c1-31-23-10-7-15(11-16(23)14-32-17-8-9-21(27)20(26)12-17)24-18-5-3-2-4-6-22(18)30-25(29)19(24)13-28/h7-12H,2-6,14H2,1H3,(H2,29,30). The SMILES string of the molecule is COc1ccc(-c2c(C#N)c(N)nc3c2CCCCC3)cc1COc1ccc(F)c(Cl)c1. The molecule has 0 saturated carbocycles. The number of nitrogens with two attached hydrogens (primary N) is 1. The zero-order chi connectivity index (χ0) is 22.7. The molecule has 5 nitrogen and oxygen atoms in total. The van der Waals surface area contributed by atoms with Gasteiger partial charge in [-0.15, -0.1) is 0 Å². The van der Waals surface area contributed by atoms with E-state index in [9.17, 15) is 9.65 Å². The van der Waals surface area contributed by atoms with Gasteiger partial charge >= 0.3 is 0 Å². The maximum absolute atomic E-state index is 13.4. The van der Waals surface area contributed by atoms with Crippen LogP contribution in [0.5, 0.6) is 11.5 Å². The highest BCUT2D eigenvalue weighted by molar-refractivity contribution is 6.30. The third-order valence-electron chi connectivity index (χ3n) is 5.72. The molecule has 1 heterocycles. The first-order chi connectivity index (χ1) is 15.5. The monoisotopic (exact) mass is 451 g/mol. The predicted molar refractivity (Wildman–Crippen MR) is 122 cm³/mol. The minimum atomic E-state index is -0.501. The Labute approximate surface area is 191 Å². The Hall–Kier alpha value is -3.30. The number of ether oxygens (including phenoxy) is 2. The number of aryl methyl sites for hydroxylation is 1. The molecule has 0 atom stereocenters. The number of hydrogen-bond acceptors (Lipinski definition) is 5. The molecule has 0 amide bonds. The average molecular weight is 452 g/mol. The Balaban J connectivity index is 1.76. The van der Waals surface area contributed by atoms with Crippen LogP contribution in [0.2, 0.25) is 5.02 Å². The summed E-state index contributed by atoms with van der Waals surface area (Å²) in [5, 5.41) is 9.84. The molecule has 0 saturated heterocycles. The smallest absolute Gasteiger partial charge is 0.142 e. The van der Waals surface area contributed by atoms with Crippen molar-refractivity contribution >= 4 is 17.4 Å². The number of nitrogens with zero attached hydrogens (tertiary/aromatic N) is 2. The second kappa shape index (κ2) is 9.46. The fraction of sp³-hybridized carbons (Fsp3) is 0.280. The van der Waals surface area contributed by atoms with E-state index in [-0.39, 0.29) is 17.4 Å². The van der Waals surface area contributed by atoms with Gasteiger partial charge < -0.3 is 15.2 Å². The molecule has 1 aliphatic carbocycles. The molecular formula is C25H23ClFN3O2. The van der Waals surface area contributed by atoms with Gasteiger partial charge in [-0.05, 0) is 61.1 Å². The predicted octanol–water partition coefficient (Wildman–Crippen LogP) is 5.85. The molecule has 0 unspecified atom stereocenters. The quantitative estimate of drug-likeness (QED) is 0.492. The number of halogens is 2. The fourth-order valence-corrected chi connectivity index (χ4v) is 4.32. The Morgan fingerprint density at radius 2 is 1.97 bits per heavy atom. The minimum Gasteiger partial charge on any atom is -0.496 e. The molecule has 0 fully saturated rings. The van der Waals surface area contributed by atoms with Gasteiger partial charge in [-0.1, -0.05) is 24.1 Å². The highest BCUT2D eigenvalue weighted by Crippen LogP contribution is 2.37. The van der Waals surface area contributed by atoms with Crippen molar-refractivity contribution < 1.29 is 13.9 Å². The summed E-state index contributed by atoms with van der Waals surface area (Å²) < 4.78 is 24.8. The summed E-state index contributed by atoms with van der Waals surface area (Å²) in [6, 6.07) is 12.2. The van der Waals surface area contributed by atoms with E-state index < -0.39 is 5.82 Å². The van der Waals surface area contributed by atoms with Gasteiger partial charge in [0, 0.05) is 22.9 Å². The number of anilines is 1. The van der Waals surface area contributed by atoms with Gasteiger partial charge in [0.2, 0.25) is 0 Å². The van der Waals surface area contributed by atoms with Crippen molar-refractivity contribution in [2.45, 2.75) is 38.7 Å². The van der Waals surface area contributed by atoms with Gasteiger partial charge in [0.25, 0.3) is 0 Å². The zero-order valence-corrected chi connectivity index (χ0v) is 18.5. The van der Waals surface area contributed by atoms with Crippen molar-refractivity contribution in [1.82, 2.24) is 4.98 Å². The van der Waals surface area contributed by atoms with Gasteiger partial charge in [-0.2, -0.15) is 5.26 Å². The number of hydrogen-bond donors (Lipinski definition) is 1. The lowest BCUT2D eigenvalue weighted by molar-refractivity contribution is 0.296. The van der Waals surface area contributed by atoms with E-state index in [1.165, 1.54) is 18.2 Å². The zero-order valence-electron chi connectivity index (χ0n) is 17.8. The largest absolute Gasteiger partial charge is 0.496 e. The topological polar surface area (TPSA) is 81.2 Å². The van der Waals surface area contributed by atoms with Gasteiger partial charge in [-0.3, -0.25) is 0 Å². The van der Waals surface area contributed by atoms with Crippen LogP contribution in [-0.2, 0) is 19.4 Å². The van der Waals surface area contributed by atoms with Crippen LogP contribution < -0.4 is 15.2 Å². The van der Waals surface area contributed by atoms with E-state index in [2.05, 4.69) is 11.1 Å². The summed E-state index contributed by atoms with van der Waals surface area (Å²) >= 11 is 5.86. The first-order valence-electron chi connectivity index (χ1n) is 10.5. The summed E-state index contributed by atoms with van der Waals surface area (Å²) in [6.07, 6.45) is 4.95. The van der Waals surface area contributed by atoms with Crippen molar-refractivity contribution in [3.63, 3.8) is 0 Å². The number of methoxy groups -OCH3 is 1. The summed E-state index contributed by atoms with van der Waals surface area (Å²) in [5.41, 5.74) is 11.1.